The van der Waals surface area contributed by atoms with Gasteiger partial charge in [-0.3, -0.25) is 14.5 Å². The Morgan fingerprint density at radius 2 is 1.37 bits per heavy atom. The topological polar surface area (TPSA) is 140 Å². The van der Waals surface area contributed by atoms with E-state index in [1.54, 1.807) is 64.5 Å². The third kappa shape index (κ3) is 8.04. The highest BCUT2D eigenvalue weighted by atomic mass is 19.1. The molecular weight excluding hydrogens is 731 g/mol. The molecule has 0 spiro atoms. The number of alkyl carbamates (subject to hydrolysis) is 1. The number of likely N-dealkylation sites (N-methyl/N-ethyl adjacent to an activating group) is 1. The Morgan fingerprint density at radius 3 is 1.86 bits per heavy atom. The van der Waals surface area contributed by atoms with Gasteiger partial charge in [0.25, 0.3) is 5.91 Å². The molecule has 0 bridgehead atoms. The number of nitrogens with zero attached hydrogens (tertiary/aromatic N) is 5. The van der Waals surface area contributed by atoms with E-state index in [-0.39, 0.29) is 42.8 Å². The van der Waals surface area contributed by atoms with Crippen molar-refractivity contribution in [3.8, 4) is 33.6 Å². The number of rotatable bonds is 12. The van der Waals surface area contributed by atoms with Gasteiger partial charge in [-0.15, -0.1) is 0 Å². The van der Waals surface area contributed by atoms with E-state index in [2.05, 4.69) is 25.3 Å². The number of imidazole rings is 2. The highest BCUT2D eigenvalue weighted by molar-refractivity contribution is 5.87. The van der Waals surface area contributed by atoms with Crippen molar-refractivity contribution in [3.05, 3.63) is 108 Å². The van der Waals surface area contributed by atoms with Crippen molar-refractivity contribution in [1.29, 1.82) is 0 Å². The summed E-state index contributed by atoms with van der Waals surface area (Å²) >= 11 is 0. The zero-order chi connectivity index (χ0) is 41.6. The monoisotopic (exact) mass is 780 g/mol. The van der Waals surface area contributed by atoms with Gasteiger partial charge in [0.05, 0.1) is 49.0 Å². The minimum absolute atomic E-state index is 0.0786. The fraction of sp³-hybridized carbons (Fsp3) is 0.372. The summed E-state index contributed by atoms with van der Waals surface area (Å²) in [6.45, 7) is 3.93. The maximum absolute atomic E-state index is 15.8. The van der Waals surface area contributed by atoms with E-state index in [0.29, 0.717) is 85.2 Å². The fourth-order valence-corrected chi connectivity index (χ4v) is 7.91. The number of carbonyl (C=O) groups excluding carboxylic acids is 3. The van der Waals surface area contributed by atoms with Crippen molar-refractivity contribution in [2.45, 2.75) is 70.6 Å². The predicted octanol–water partition coefficient (Wildman–Crippen LogP) is 7.57. The zero-order valence-electron chi connectivity index (χ0n) is 34.0. The van der Waals surface area contributed by atoms with Gasteiger partial charge in [0.1, 0.15) is 29.3 Å². The molecule has 0 aliphatic carbocycles. The minimum Gasteiger partial charge on any atom is -0.453 e. The van der Waals surface area contributed by atoms with Crippen LogP contribution in [0.4, 0.5) is 13.6 Å². The number of carbonyl (C=O) groups is 3. The summed E-state index contributed by atoms with van der Waals surface area (Å²) in [4.78, 5) is 60.4. The Labute approximate surface area is 333 Å². The second-order valence-corrected chi connectivity index (χ2v) is 14.3. The summed E-state index contributed by atoms with van der Waals surface area (Å²) in [6, 6.07) is 16.1. The average Bonchev–Trinajstić information content (AvgIpc) is 4.09. The third-order valence-corrected chi connectivity index (χ3v) is 11.1. The smallest absolute Gasteiger partial charge is 0.407 e. The normalized spacial score (nSPS) is 18.3. The molecule has 0 saturated carbocycles. The molecular formula is C43H48F2N8O4. The first-order chi connectivity index (χ1) is 28.6. The maximum Gasteiger partial charge on any atom is 0.407 e. The summed E-state index contributed by atoms with van der Waals surface area (Å²) in [7, 11) is 1.24. The molecule has 2 saturated heterocycles. The maximum atomic E-state index is 15.8. The van der Waals surface area contributed by atoms with E-state index < -0.39 is 35.9 Å². The molecule has 4 heterocycles. The number of benzene rings is 3. The van der Waals surface area contributed by atoms with E-state index in [0.717, 1.165) is 6.42 Å². The van der Waals surface area contributed by atoms with Gasteiger partial charge in [-0.05, 0) is 86.7 Å². The lowest BCUT2D eigenvalue weighted by Gasteiger charge is -2.31. The van der Waals surface area contributed by atoms with Crippen LogP contribution in [0.3, 0.4) is 0 Å². The second-order valence-electron chi connectivity index (χ2n) is 14.3. The molecule has 2 fully saturated rings. The third-order valence-electron chi connectivity index (χ3n) is 11.1. The zero-order valence-corrected chi connectivity index (χ0v) is 32.0. The highest BCUT2D eigenvalue weighted by Crippen LogP contribution is 2.37. The van der Waals surface area contributed by atoms with Crippen LogP contribution < -0.4 is 5.32 Å². The molecule has 7 rings (SSSR count). The number of likely N-dealkylation sites (tertiary alicyclic amines) is 2. The van der Waals surface area contributed by atoms with Gasteiger partial charge in [0, 0.05) is 27.0 Å². The largest absolute Gasteiger partial charge is 0.453 e. The molecule has 2 aliphatic rings. The molecule has 57 heavy (non-hydrogen) atoms. The molecule has 298 valence electrons. The lowest BCUT2D eigenvalue weighted by atomic mass is 10.00. The number of halogens is 2. The number of aromatic amines is 2. The number of aromatic nitrogens is 4. The van der Waals surface area contributed by atoms with Crippen LogP contribution in [0.5, 0.6) is 0 Å². The number of H-pyrrole nitrogens is 2. The van der Waals surface area contributed by atoms with Crippen molar-refractivity contribution in [1.82, 2.24) is 40.0 Å². The predicted molar refractivity (Wildman–Crippen MR) is 211 cm³/mol. The number of methoxy groups -OCH3 is 1. The molecule has 3 N–H and O–H groups in total. The summed E-state index contributed by atoms with van der Waals surface area (Å²) in [5, 5.41) is 2.65. The van der Waals surface area contributed by atoms with Gasteiger partial charge in [0.15, 0.2) is 0 Å². The summed E-state index contributed by atoms with van der Waals surface area (Å²) < 4.78 is 51.6. The van der Waals surface area contributed by atoms with Crippen LogP contribution in [0.1, 0.15) is 84.5 Å². The molecule has 2 aromatic heterocycles. The van der Waals surface area contributed by atoms with Crippen molar-refractivity contribution in [2.75, 3.05) is 33.3 Å². The second kappa shape index (κ2) is 17.1. The van der Waals surface area contributed by atoms with Crippen LogP contribution >= 0.6 is 0 Å². The van der Waals surface area contributed by atoms with Gasteiger partial charge < -0.3 is 29.8 Å². The van der Waals surface area contributed by atoms with Crippen molar-refractivity contribution >= 4 is 17.9 Å². The lowest BCUT2D eigenvalue weighted by molar-refractivity contribution is -0.137. The van der Waals surface area contributed by atoms with Crippen molar-refractivity contribution in [2.24, 2.45) is 0 Å². The molecule has 12 nitrogen and oxygen atoms in total. The first-order valence-electron chi connectivity index (χ1n) is 20.6. The Balaban J connectivity index is 1.04. The Kier molecular flexibility index (Phi) is 11.0. The Bertz CT molecular complexity index is 2270. The van der Waals surface area contributed by atoms with Crippen LogP contribution in [-0.4, -0.2) is 91.9 Å². The number of hydrogen-bond acceptors (Lipinski definition) is 7. The van der Waals surface area contributed by atoms with Crippen molar-refractivity contribution < 1.29 is 30.6 Å². The van der Waals surface area contributed by atoms with Gasteiger partial charge in [-0.2, -0.15) is 0 Å². The number of nitrogens with one attached hydrogen (secondary N) is 3. The molecule has 3 aromatic carbocycles. The quantitative estimate of drug-likeness (QED) is 0.119. The summed E-state index contributed by atoms with van der Waals surface area (Å²) in [5.74, 6) is -0.404. The summed E-state index contributed by atoms with van der Waals surface area (Å²) in [6.07, 6.45) is 5.19. The lowest BCUT2D eigenvalue weighted by Crippen LogP contribution is -2.46. The molecule has 2 aliphatic heterocycles. The van der Waals surface area contributed by atoms with E-state index in [4.69, 9.17) is 7.48 Å². The fourth-order valence-electron chi connectivity index (χ4n) is 7.91. The van der Waals surface area contributed by atoms with Crippen LogP contribution in [0.2, 0.25) is 0 Å². The SMILES string of the molecule is [2H]CCN(CC[2H])[C@@H](C)C(=O)N1CCC[C@H]1c1ncc(-c2ccc(-c3ccc(-c4cnc([C@@H]5CCCN5C(=O)[C@H](NC(=O)OC)c5ccccc5)[nH]4)c(F)c3)cc2F)[nH]1. The number of hydrogen-bond donors (Lipinski definition) is 3. The molecule has 14 heteroatoms. The van der Waals surface area contributed by atoms with Crippen LogP contribution in [0.15, 0.2) is 79.1 Å². The number of amides is 3. The van der Waals surface area contributed by atoms with Gasteiger partial charge >= 0.3 is 6.09 Å². The van der Waals surface area contributed by atoms with E-state index in [1.807, 2.05) is 17.9 Å². The van der Waals surface area contributed by atoms with Crippen molar-refractivity contribution in [3.63, 3.8) is 0 Å². The van der Waals surface area contributed by atoms with Crippen LogP contribution in [-0.2, 0) is 14.3 Å². The van der Waals surface area contributed by atoms with E-state index in [9.17, 15) is 14.4 Å². The highest BCUT2D eigenvalue weighted by Gasteiger charge is 2.38. The molecule has 0 radical (unpaired) electrons. The van der Waals surface area contributed by atoms with Crippen LogP contribution in [0.25, 0.3) is 33.6 Å². The Morgan fingerprint density at radius 1 is 0.842 bits per heavy atom. The first-order valence-corrected chi connectivity index (χ1v) is 19.1. The molecule has 5 aromatic rings. The average molecular weight is 781 g/mol. The molecule has 3 amide bonds. The Hall–Kier alpha value is -5.89. The van der Waals surface area contributed by atoms with Crippen LogP contribution in [0, 0.1) is 11.6 Å². The van der Waals surface area contributed by atoms with E-state index in [1.165, 1.54) is 25.4 Å². The summed E-state index contributed by atoms with van der Waals surface area (Å²) in [5.41, 5.74) is 2.97. The molecule has 0 unspecified atom stereocenters. The van der Waals surface area contributed by atoms with Gasteiger partial charge in [0.2, 0.25) is 5.91 Å². The number of ether oxygens (including phenoxy) is 1. The first kappa shape index (κ1) is 36.7. The van der Waals surface area contributed by atoms with E-state index >= 15 is 8.78 Å². The van der Waals surface area contributed by atoms with Gasteiger partial charge in [-0.1, -0.05) is 56.3 Å². The molecule has 4 atom stereocenters. The standard InChI is InChI=1S/C43H48F2N8O4/c1-5-51(6-2)26(3)41(54)52-20-10-14-36(52)39-46-24-34(48-39)30-18-16-28(22-32(30)44)29-17-19-31(33(45)23-29)35-25-47-40(49-35)37-15-11-21-53(37)42(55)38(50-43(56)57-4)27-12-8-7-9-13-27/h7-9,12-13,16-19,22-26,36-38H,5-6,10-11,14-15,20-21H2,1-4H3,(H,46,48)(H,47,49)(H,50,56)/t26-,36-,37-,38+/m0/s1/i1D,2D. The van der Waals surface area contributed by atoms with Gasteiger partial charge in [-0.25, -0.2) is 23.5 Å². The minimum atomic E-state index is -0.967.